The van der Waals surface area contributed by atoms with Crippen LogP contribution in [0.25, 0.3) is 5.70 Å². The third-order valence-corrected chi connectivity index (χ3v) is 8.83. The molecule has 1 fully saturated rings. The number of benzene rings is 2. The molecule has 2 N–H and O–H groups in total. The Balaban J connectivity index is 0.00000181. The third-order valence-electron chi connectivity index (χ3n) is 8.83. The summed E-state index contributed by atoms with van der Waals surface area (Å²) in [4.78, 5) is 2.61. The highest BCUT2D eigenvalue weighted by Crippen LogP contribution is 2.47. The lowest BCUT2D eigenvalue weighted by molar-refractivity contribution is 0.167. The van der Waals surface area contributed by atoms with Crippen molar-refractivity contribution in [3.8, 4) is 6.07 Å². The molecule has 212 valence electrons. The first-order chi connectivity index (χ1) is 19.5. The van der Waals surface area contributed by atoms with Gasteiger partial charge in [0, 0.05) is 18.6 Å². The highest BCUT2D eigenvalue weighted by Gasteiger charge is 2.42. The van der Waals surface area contributed by atoms with Gasteiger partial charge in [-0.25, -0.2) is 5.01 Å². The molecule has 2 aromatic rings. The van der Waals surface area contributed by atoms with E-state index in [1.54, 1.807) is 0 Å². The van der Waals surface area contributed by atoms with Gasteiger partial charge in [0.1, 0.15) is 6.07 Å². The molecule has 3 aliphatic rings. The summed E-state index contributed by atoms with van der Waals surface area (Å²) in [5.41, 5.74) is 9.66. The number of nitrogens with zero attached hydrogens (tertiary/aromatic N) is 3. The van der Waals surface area contributed by atoms with Crippen molar-refractivity contribution in [1.29, 1.82) is 5.26 Å². The zero-order chi connectivity index (χ0) is 28.6. The zero-order valence-electron chi connectivity index (χ0n) is 25.3. The SMILES string of the molecule is CC.CCCC1=CC=C2C(C#N)=C(c3ccc(CN(N)C(C)c4ccc(CC)cc4)cc3)N(C3CCC3)C2CC1. The predicted molar refractivity (Wildman–Crippen MR) is 168 cm³/mol. The second-order valence-corrected chi connectivity index (χ2v) is 11.2. The minimum Gasteiger partial charge on any atom is -0.360 e. The van der Waals surface area contributed by atoms with Gasteiger partial charge in [-0.3, -0.25) is 5.84 Å². The lowest BCUT2D eigenvalue weighted by Gasteiger charge is -2.42. The quantitative estimate of drug-likeness (QED) is 0.257. The highest BCUT2D eigenvalue weighted by molar-refractivity contribution is 5.80. The Morgan fingerprint density at radius 3 is 2.23 bits per heavy atom. The van der Waals surface area contributed by atoms with E-state index in [0.717, 1.165) is 42.5 Å². The second kappa shape index (κ2) is 14.0. The fourth-order valence-corrected chi connectivity index (χ4v) is 6.22. The fraction of sp³-hybridized carbons (Fsp3) is 0.472. The summed E-state index contributed by atoms with van der Waals surface area (Å²) < 4.78 is 0. The molecule has 1 heterocycles. The minimum absolute atomic E-state index is 0.127. The summed E-state index contributed by atoms with van der Waals surface area (Å²) in [6.45, 7) is 11.3. The number of aryl methyl sites for hydroxylation is 1. The van der Waals surface area contributed by atoms with Gasteiger partial charge in [0.2, 0.25) is 0 Å². The van der Waals surface area contributed by atoms with Gasteiger partial charge in [-0.1, -0.05) is 100 Å². The van der Waals surface area contributed by atoms with E-state index in [0.29, 0.717) is 18.6 Å². The molecule has 40 heavy (non-hydrogen) atoms. The molecule has 1 aliphatic heterocycles. The molecule has 0 amide bonds. The number of rotatable bonds is 9. The molecular formula is C36H48N4. The molecule has 2 aliphatic carbocycles. The molecule has 2 atom stereocenters. The number of nitrogens with two attached hydrogens (primary N) is 1. The van der Waals surface area contributed by atoms with Gasteiger partial charge in [0.25, 0.3) is 0 Å². The van der Waals surface area contributed by atoms with Gasteiger partial charge in [0.15, 0.2) is 0 Å². The number of allylic oxidation sites excluding steroid dienone is 3. The molecule has 5 rings (SSSR count). The zero-order valence-corrected chi connectivity index (χ0v) is 25.3. The summed E-state index contributed by atoms with van der Waals surface area (Å²) in [7, 11) is 0. The number of hydrogen-bond donors (Lipinski definition) is 1. The van der Waals surface area contributed by atoms with Crippen LogP contribution in [0.15, 0.2) is 77.4 Å². The van der Waals surface area contributed by atoms with E-state index < -0.39 is 0 Å². The van der Waals surface area contributed by atoms with Gasteiger partial charge >= 0.3 is 0 Å². The van der Waals surface area contributed by atoms with Gasteiger partial charge in [-0.2, -0.15) is 5.26 Å². The molecule has 2 aromatic carbocycles. The van der Waals surface area contributed by atoms with Gasteiger partial charge in [-0.15, -0.1) is 0 Å². The van der Waals surface area contributed by atoms with E-state index in [9.17, 15) is 5.26 Å². The predicted octanol–water partition coefficient (Wildman–Crippen LogP) is 8.63. The van der Waals surface area contributed by atoms with Crippen LogP contribution in [0.2, 0.25) is 0 Å². The fourth-order valence-electron chi connectivity index (χ4n) is 6.22. The second-order valence-electron chi connectivity index (χ2n) is 11.2. The van der Waals surface area contributed by atoms with Gasteiger partial charge in [0.05, 0.1) is 17.3 Å². The Morgan fingerprint density at radius 2 is 1.65 bits per heavy atom. The van der Waals surface area contributed by atoms with Gasteiger partial charge in [-0.05, 0) is 79.7 Å². The third kappa shape index (κ3) is 6.27. The van der Waals surface area contributed by atoms with Gasteiger partial charge < -0.3 is 4.90 Å². The van der Waals surface area contributed by atoms with Crippen LogP contribution in [0, 0.1) is 11.3 Å². The van der Waals surface area contributed by atoms with Crippen molar-refractivity contribution in [1.82, 2.24) is 9.91 Å². The molecule has 0 bridgehead atoms. The average Bonchev–Trinajstić information content (AvgIpc) is 3.11. The van der Waals surface area contributed by atoms with Crippen molar-refractivity contribution >= 4 is 5.70 Å². The highest BCUT2D eigenvalue weighted by atomic mass is 15.4. The van der Waals surface area contributed by atoms with E-state index in [1.165, 1.54) is 53.5 Å². The Morgan fingerprint density at radius 1 is 0.975 bits per heavy atom. The summed E-state index contributed by atoms with van der Waals surface area (Å²) in [6.07, 6.45) is 13.9. The monoisotopic (exact) mass is 536 g/mol. The molecule has 0 spiro atoms. The topological polar surface area (TPSA) is 56.3 Å². The van der Waals surface area contributed by atoms with E-state index in [2.05, 4.69) is 92.4 Å². The smallest absolute Gasteiger partial charge is 0.102 e. The first-order valence-electron chi connectivity index (χ1n) is 15.6. The Bertz CT molecular complexity index is 1260. The molecule has 4 heteroatoms. The molecule has 1 saturated carbocycles. The van der Waals surface area contributed by atoms with Crippen molar-refractivity contribution in [2.24, 2.45) is 5.84 Å². The van der Waals surface area contributed by atoms with Crippen molar-refractivity contribution < 1.29 is 0 Å². The number of fused-ring (bicyclic) bond motifs is 1. The van der Waals surface area contributed by atoms with E-state index in [-0.39, 0.29) is 6.04 Å². The van der Waals surface area contributed by atoms with Crippen molar-refractivity contribution in [2.75, 3.05) is 0 Å². The number of hydrogen-bond acceptors (Lipinski definition) is 4. The van der Waals surface area contributed by atoms with Crippen LogP contribution in [0.3, 0.4) is 0 Å². The lowest BCUT2D eigenvalue weighted by Crippen LogP contribution is -2.43. The van der Waals surface area contributed by atoms with Crippen LogP contribution in [0.4, 0.5) is 0 Å². The average molecular weight is 537 g/mol. The number of nitriles is 1. The summed E-state index contributed by atoms with van der Waals surface area (Å²) >= 11 is 0. The first kappa shape index (κ1) is 29.8. The maximum atomic E-state index is 10.3. The van der Waals surface area contributed by atoms with Crippen LogP contribution in [-0.4, -0.2) is 22.0 Å². The summed E-state index contributed by atoms with van der Waals surface area (Å²) in [6, 6.07) is 21.1. The molecule has 4 nitrogen and oxygen atoms in total. The lowest BCUT2D eigenvalue weighted by atomic mass is 9.89. The first-order valence-corrected chi connectivity index (χ1v) is 15.6. The van der Waals surface area contributed by atoms with Crippen LogP contribution < -0.4 is 5.84 Å². The molecule has 0 saturated heterocycles. The minimum atomic E-state index is 0.127. The van der Waals surface area contributed by atoms with Crippen LogP contribution in [0.5, 0.6) is 0 Å². The van der Waals surface area contributed by atoms with Crippen molar-refractivity contribution in [2.45, 2.75) is 111 Å². The standard InChI is InChI=1S/C34H42N4.C2H6/c1-4-7-26-14-20-31-32(22-35)34(38(30-8-6-9-30)33(31)21-15-26)29-18-12-27(13-19-29)23-37(36)24(3)28-16-10-25(5-2)11-17-28;1-2/h10-14,16-20,24,30,33H,4-9,15,21,23,36H2,1-3H3;1-2H3. The molecular weight excluding hydrogens is 488 g/mol. The number of hydrazine groups is 1. The Kier molecular flexibility index (Phi) is 10.4. The Labute approximate surface area is 242 Å². The largest absolute Gasteiger partial charge is 0.360 e. The maximum Gasteiger partial charge on any atom is 0.102 e. The van der Waals surface area contributed by atoms with E-state index in [4.69, 9.17) is 5.84 Å². The molecule has 2 unspecified atom stereocenters. The van der Waals surface area contributed by atoms with Crippen LogP contribution in [-0.2, 0) is 13.0 Å². The van der Waals surface area contributed by atoms with Crippen molar-refractivity contribution in [3.05, 3.63) is 99.7 Å². The Hall–Kier alpha value is -3.13. The molecule has 0 aromatic heterocycles. The van der Waals surface area contributed by atoms with E-state index in [1.807, 2.05) is 18.9 Å². The summed E-state index contributed by atoms with van der Waals surface area (Å²) in [5.74, 6) is 6.53. The normalized spacial score (nSPS) is 19.6. The van der Waals surface area contributed by atoms with Crippen molar-refractivity contribution in [3.63, 3.8) is 0 Å². The molecule has 0 radical (unpaired) electrons. The van der Waals surface area contributed by atoms with E-state index >= 15 is 0 Å². The van der Waals surface area contributed by atoms with Crippen LogP contribution in [0.1, 0.15) is 108 Å². The summed E-state index contributed by atoms with van der Waals surface area (Å²) in [5, 5.41) is 12.3. The maximum absolute atomic E-state index is 10.3. The van der Waals surface area contributed by atoms with Crippen LogP contribution >= 0.6 is 0 Å².